The van der Waals surface area contributed by atoms with Crippen molar-refractivity contribution in [1.82, 2.24) is 0 Å². The van der Waals surface area contributed by atoms with Gasteiger partial charge in [0, 0.05) is 33.1 Å². The molecule has 0 atom stereocenters. The number of furan rings is 1. The summed E-state index contributed by atoms with van der Waals surface area (Å²) in [4.78, 5) is 2.52. The molecule has 0 radical (unpaired) electrons. The molecule has 2 nitrogen and oxygen atoms in total. The van der Waals surface area contributed by atoms with E-state index in [4.69, 9.17) is 4.42 Å². The third kappa shape index (κ3) is 6.25. The van der Waals surface area contributed by atoms with E-state index in [1.54, 1.807) is 0 Å². The Morgan fingerprint density at radius 2 is 0.925 bits per heavy atom. The fourth-order valence-corrected chi connectivity index (χ4v) is 11.1. The molecular formula is C65H45NO. The molecule has 0 aliphatic heterocycles. The summed E-state index contributed by atoms with van der Waals surface area (Å²) in [7, 11) is 0. The van der Waals surface area contributed by atoms with Gasteiger partial charge in [-0.25, -0.2) is 0 Å². The van der Waals surface area contributed by atoms with Gasteiger partial charge in [-0.15, -0.1) is 0 Å². The summed E-state index contributed by atoms with van der Waals surface area (Å²) in [6.07, 6.45) is 0. The molecule has 1 aliphatic carbocycles. The van der Waals surface area contributed by atoms with E-state index in [2.05, 4.69) is 249 Å². The van der Waals surface area contributed by atoms with Gasteiger partial charge < -0.3 is 9.32 Å². The second kappa shape index (κ2) is 15.3. The van der Waals surface area contributed by atoms with E-state index in [0.29, 0.717) is 0 Å². The summed E-state index contributed by atoms with van der Waals surface area (Å²) in [6.45, 7) is 4.74. The maximum Gasteiger partial charge on any atom is 0.136 e. The highest BCUT2D eigenvalue weighted by molar-refractivity contribution is 6.17. The van der Waals surface area contributed by atoms with Gasteiger partial charge in [-0.2, -0.15) is 0 Å². The first-order valence-electron chi connectivity index (χ1n) is 23.2. The molecule has 316 valence electrons. The Balaban J connectivity index is 1.14. The van der Waals surface area contributed by atoms with Crippen LogP contribution in [0.5, 0.6) is 0 Å². The van der Waals surface area contributed by atoms with Crippen molar-refractivity contribution in [3.05, 3.63) is 248 Å². The summed E-state index contributed by atoms with van der Waals surface area (Å²) in [5, 5.41) is 7.11. The Kier molecular flexibility index (Phi) is 8.91. The molecule has 0 unspecified atom stereocenters. The molecule has 0 saturated heterocycles. The van der Waals surface area contributed by atoms with Crippen molar-refractivity contribution < 1.29 is 4.42 Å². The monoisotopic (exact) mass is 855 g/mol. The second-order valence-electron chi connectivity index (χ2n) is 18.4. The molecule has 0 bridgehead atoms. The van der Waals surface area contributed by atoms with E-state index in [9.17, 15) is 0 Å². The minimum Gasteiger partial charge on any atom is -0.456 e. The van der Waals surface area contributed by atoms with Crippen molar-refractivity contribution in [3.8, 4) is 55.6 Å². The van der Waals surface area contributed by atoms with Gasteiger partial charge >= 0.3 is 0 Å². The van der Waals surface area contributed by atoms with Gasteiger partial charge in [0.15, 0.2) is 0 Å². The predicted molar refractivity (Wildman–Crippen MR) is 283 cm³/mol. The number of hydrogen-bond acceptors (Lipinski definition) is 2. The Morgan fingerprint density at radius 1 is 0.328 bits per heavy atom. The van der Waals surface area contributed by atoms with E-state index in [1.807, 2.05) is 6.07 Å². The highest BCUT2D eigenvalue weighted by atomic mass is 16.3. The Hall–Kier alpha value is -8.46. The number of hydrogen-bond donors (Lipinski definition) is 0. The highest BCUT2D eigenvalue weighted by Gasteiger charge is 2.36. The average molecular weight is 856 g/mol. The van der Waals surface area contributed by atoms with Crippen molar-refractivity contribution in [2.45, 2.75) is 19.3 Å². The van der Waals surface area contributed by atoms with Gasteiger partial charge in [-0.05, 0) is 137 Å². The molecule has 1 aromatic heterocycles. The summed E-state index contributed by atoms with van der Waals surface area (Å²) in [5.41, 5.74) is 19.4. The van der Waals surface area contributed by atoms with Crippen LogP contribution < -0.4 is 4.90 Å². The number of anilines is 3. The second-order valence-corrected chi connectivity index (χ2v) is 18.4. The van der Waals surface area contributed by atoms with Gasteiger partial charge in [0.25, 0.3) is 0 Å². The van der Waals surface area contributed by atoms with Crippen molar-refractivity contribution >= 4 is 60.5 Å². The third-order valence-corrected chi connectivity index (χ3v) is 14.3. The first kappa shape index (κ1) is 39.0. The molecule has 0 amide bonds. The Bertz CT molecular complexity index is 3900. The minimum atomic E-state index is -0.193. The van der Waals surface area contributed by atoms with E-state index in [0.717, 1.165) is 55.7 Å². The quantitative estimate of drug-likeness (QED) is 0.149. The molecular weight excluding hydrogens is 811 g/mol. The number of nitrogens with zero attached hydrogens (tertiary/aromatic N) is 1. The molecule has 1 aliphatic rings. The van der Waals surface area contributed by atoms with E-state index in [1.165, 1.54) is 71.6 Å². The van der Waals surface area contributed by atoms with Gasteiger partial charge in [0.1, 0.15) is 11.2 Å². The molecule has 12 aromatic rings. The van der Waals surface area contributed by atoms with Crippen LogP contribution in [0.3, 0.4) is 0 Å². The maximum absolute atomic E-state index is 6.59. The van der Waals surface area contributed by atoms with E-state index >= 15 is 0 Å². The van der Waals surface area contributed by atoms with Crippen LogP contribution in [0.2, 0.25) is 0 Å². The normalized spacial score (nSPS) is 12.7. The number of benzene rings is 11. The Labute approximate surface area is 390 Å². The molecule has 0 saturated carbocycles. The molecule has 2 heteroatoms. The lowest BCUT2D eigenvalue weighted by Crippen LogP contribution is -2.17. The minimum absolute atomic E-state index is 0.193. The molecule has 0 fully saturated rings. The van der Waals surface area contributed by atoms with Gasteiger partial charge in [-0.3, -0.25) is 0 Å². The summed E-state index contributed by atoms with van der Waals surface area (Å²) >= 11 is 0. The van der Waals surface area contributed by atoms with Crippen LogP contribution in [0.4, 0.5) is 17.1 Å². The van der Waals surface area contributed by atoms with E-state index in [-0.39, 0.29) is 5.41 Å². The lowest BCUT2D eigenvalue weighted by atomic mass is 9.82. The molecule has 1 heterocycles. The SMILES string of the molecule is CC1(C)c2ccccc2-c2ccc(N(c3ccc(-c4ccccc4)c(-c4ccccc4)c3)c3cccc(-c4ccc5c(c4)oc4ccccc45)c3-c3cc4ccccc4c4ccccc34)cc21. The lowest BCUT2D eigenvalue weighted by Gasteiger charge is -2.32. The van der Waals surface area contributed by atoms with Gasteiger partial charge in [0.05, 0.1) is 5.69 Å². The molecule has 0 N–H and O–H groups in total. The predicted octanol–water partition coefficient (Wildman–Crippen LogP) is 18.3. The van der Waals surface area contributed by atoms with Crippen LogP contribution in [0.1, 0.15) is 25.0 Å². The first-order valence-corrected chi connectivity index (χ1v) is 23.2. The largest absolute Gasteiger partial charge is 0.456 e. The Morgan fingerprint density at radius 3 is 1.73 bits per heavy atom. The summed E-state index contributed by atoms with van der Waals surface area (Å²) < 4.78 is 6.59. The van der Waals surface area contributed by atoms with Crippen LogP contribution in [-0.4, -0.2) is 0 Å². The van der Waals surface area contributed by atoms with Crippen LogP contribution in [0, 0.1) is 0 Å². The lowest BCUT2D eigenvalue weighted by molar-refractivity contribution is 0.660. The van der Waals surface area contributed by atoms with Gasteiger partial charge in [-0.1, -0.05) is 196 Å². The zero-order valence-corrected chi connectivity index (χ0v) is 37.4. The van der Waals surface area contributed by atoms with Crippen LogP contribution in [-0.2, 0) is 5.41 Å². The maximum atomic E-state index is 6.59. The molecule has 13 rings (SSSR count). The highest BCUT2D eigenvalue weighted by Crippen LogP contribution is 2.53. The smallest absolute Gasteiger partial charge is 0.136 e. The number of fused-ring (bicyclic) bond motifs is 9. The zero-order chi connectivity index (χ0) is 44.6. The van der Waals surface area contributed by atoms with Crippen LogP contribution in [0.25, 0.3) is 99.1 Å². The first-order chi connectivity index (χ1) is 33.0. The average Bonchev–Trinajstić information content (AvgIpc) is 3.87. The molecule has 67 heavy (non-hydrogen) atoms. The standard InChI is InChI=1S/C65H45NO/c1-65(2)59-29-15-13-26-53(59)54-37-34-47(41-60(54)65)66(46-33-36-49(42-18-5-3-6-19-42)57(40-46)43-20-7-4-8-21-43)61-30-17-28-50(45-32-35-56-55-27-14-16-31-62(55)67-63(56)39-45)64(61)58-38-44-22-9-10-23-48(44)51-24-11-12-25-52(51)58/h3-41H,1-2H3. The topological polar surface area (TPSA) is 16.4 Å². The fraction of sp³-hybridized carbons (Fsp3) is 0.0462. The van der Waals surface area contributed by atoms with Crippen molar-refractivity contribution in [2.75, 3.05) is 4.90 Å². The zero-order valence-electron chi connectivity index (χ0n) is 37.4. The van der Waals surface area contributed by atoms with Crippen molar-refractivity contribution in [2.24, 2.45) is 0 Å². The molecule has 0 spiro atoms. The van der Waals surface area contributed by atoms with Crippen LogP contribution in [0.15, 0.2) is 241 Å². The third-order valence-electron chi connectivity index (χ3n) is 14.3. The van der Waals surface area contributed by atoms with Crippen molar-refractivity contribution in [1.29, 1.82) is 0 Å². The summed E-state index contributed by atoms with van der Waals surface area (Å²) in [5.74, 6) is 0. The molecule has 11 aromatic carbocycles. The fourth-order valence-electron chi connectivity index (χ4n) is 11.1. The van der Waals surface area contributed by atoms with E-state index < -0.39 is 0 Å². The van der Waals surface area contributed by atoms with Crippen molar-refractivity contribution in [3.63, 3.8) is 0 Å². The number of rotatable bonds is 7. The van der Waals surface area contributed by atoms with Gasteiger partial charge in [0.2, 0.25) is 0 Å². The summed E-state index contributed by atoms with van der Waals surface area (Å²) in [6, 6.07) is 86.7. The van der Waals surface area contributed by atoms with Crippen LogP contribution >= 0.6 is 0 Å². The number of para-hydroxylation sites is 1.